The quantitative estimate of drug-likeness (QED) is 0.632. The van der Waals surface area contributed by atoms with Crippen LogP contribution in [0.25, 0.3) is 5.65 Å². The SMILES string of the molecule is Cc1cnn2c(N[C@@H]3CC[C@@H](NC(=O)OCc4ccccc4)C3)cc(C(C)C)nc12. The fourth-order valence-corrected chi connectivity index (χ4v) is 3.87. The standard InChI is InChI=1S/C23H29N5O2/c1-15(2)20-12-21(28-22(27-20)16(3)13-24-28)25-18-9-10-19(11-18)26-23(29)30-14-17-7-5-4-6-8-17/h4-8,12-13,15,18-19,25H,9-11,14H2,1-3H3,(H,26,29)/t18-,19-/m1/s1. The van der Waals surface area contributed by atoms with E-state index in [1.807, 2.05) is 48.0 Å². The third-order valence-electron chi connectivity index (χ3n) is 5.58. The van der Waals surface area contributed by atoms with Gasteiger partial charge in [-0.25, -0.2) is 9.78 Å². The van der Waals surface area contributed by atoms with Crippen LogP contribution in [0.3, 0.4) is 0 Å². The van der Waals surface area contributed by atoms with E-state index in [-0.39, 0.29) is 24.8 Å². The van der Waals surface area contributed by atoms with Crippen LogP contribution in [0.2, 0.25) is 0 Å². The lowest BCUT2D eigenvalue weighted by Crippen LogP contribution is -2.34. The number of rotatable bonds is 6. The first-order chi connectivity index (χ1) is 14.5. The third-order valence-corrected chi connectivity index (χ3v) is 5.58. The number of nitrogens with zero attached hydrogens (tertiary/aromatic N) is 3. The number of hydrogen-bond donors (Lipinski definition) is 2. The van der Waals surface area contributed by atoms with Gasteiger partial charge >= 0.3 is 6.09 Å². The summed E-state index contributed by atoms with van der Waals surface area (Å²) >= 11 is 0. The summed E-state index contributed by atoms with van der Waals surface area (Å²) in [4.78, 5) is 16.9. The molecule has 2 atom stereocenters. The molecule has 0 radical (unpaired) electrons. The molecule has 7 heteroatoms. The molecule has 7 nitrogen and oxygen atoms in total. The maximum absolute atomic E-state index is 12.2. The molecule has 0 saturated heterocycles. The summed E-state index contributed by atoms with van der Waals surface area (Å²) in [6.07, 6.45) is 4.23. The molecule has 2 N–H and O–H groups in total. The van der Waals surface area contributed by atoms with E-state index in [4.69, 9.17) is 9.72 Å². The number of aryl methyl sites for hydroxylation is 1. The predicted octanol–water partition coefficient (Wildman–Crippen LogP) is 4.42. The highest BCUT2D eigenvalue weighted by atomic mass is 16.5. The van der Waals surface area contributed by atoms with E-state index in [1.165, 1.54) is 0 Å². The Hall–Kier alpha value is -3.09. The molecule has 1 amide bonds. The number of fused-ring (bicyclic) bond motifs is 1. The fraction of sp³-hybridized carbons (Fsp3) is 0.435. The molecule has 4 rings (SSSR count). The molecule has 2 aromatic heterocycles. The Morgan fingerprint density at radius 2 is 2.00 bits per heavy atom. The van der Waals surface area contributed by atoms with Crippen molar-refractivity contribution < 1.29 is 9.53 Å². The summed E-state index contributed by atoms with van der Waals surface area (Å²) in [5, 5.41) is 11.1. The van der Waals surface area contributed by atoms with Gasteiger partial charge in [-0.2, -0.15) is 9.61 Å². The van der Waals surface area contributed by atoms with E-state index in [0.717, 1.165) is 47.5 Å². The van der Waals surface area contributed by atoms with Crippen LogP contribution >= 0.6 is 0 Å². The largest absolute Gasteiger partial charge is 0.445 e. The highest BCUT2D eigenvalue weighted by Crippen LogP contribution is 2.26. The minimum absolute atomic E-state index is 0.104. The molecule has 3 aromatic rings. The van der Waals surface area contributed by atoms with Crippen LogP contribution in [0.5, 0.6) is 0 Å². The Balaban J connectivity index is 1.35. The van der Waals surface area contributed by atoms with E-state index in [9.17, 15) is 4.79 Å². The molecule has 2 heterocycles. The van der Waals surface area contributed by atoms with Crippen LogP contribution < -0.4 is 10.6 Å². The summed E-state index contributed by atoms with van der Waals surface area (Å²) in [7, 11) is 0. The van der Waals surface area contributed by atoms with E-state index < -0.39 is 0 Å². The van der Waals surface area contributed by atoms with E-state index in [0.29, 0.717) is 5.92 Å². The second kappa shape index (κ2) is 8.73. The van der Waals surface area contributed by atoms with Gasteiger partial charge in [-0.05, 0) is 37.7 Å². The predicted molar refractivity (Wildman–Crippen MR) is 117 cm³/mol. The Morgan fingerprint density at radius 1 is 1.23 bits per heavy atom. The molecular weight excluding hydrogens is 378 g/mol. The number of nitrogens with one attached hydrogen (secondary N) is 2. The average molecular weight is 408 g/mol. The van der Waals surface area contributed by atoms with Gasteiger partial charge in [0, 0.05) is 29.4 Å². The smallest absolute Gasteiger partial charge is 0.407 e. The van der Waals surface area contributed by atoms with Crippen LogP contribution in [0.15, 0.2) is 42.6 Å². The highest BCUT2D eigenvalue weighted by molar-refractivity contribution is 5.67. The number of amides is 1. The number of alkyl carbamates (subject to hydrolysis) is 1. The van der Waals surface area contributed by atoms with Gasteiger partial charge in [0.2, 0.25) is 0 Å². The first-order valence-corrected chi connectivity index (χ1v) is 10.6. The molecule has 158 valence electrons. The Labute approximate surface area is 176 Å². The Morgan fingerprint density at radius 3 is 2.77 bits per heavy atom. The number of carbonyl (C=O) groups is 1. The zero-order valence-electron chi connectivity index (χ0n) is 17.8. The summed E-state index contributed by atoms with van der Waals surface area (Å²) in [6.45, 7) is 6.60. The van der Waals surface area contributed by atoms with Crippen LogP contribution in [-0.4, -0.2) is 32.8 Å². The molecule has 0 bridgehead atoms. The minimum atomic E-state index is -0.361. The van der Waals surface area contributed by atoms with Crippen LogP contribution in [0, 0.1) is 6.92 Å². The number of ether oxygens (including phenoxy) is 1. The summed E-state index contributed by atoms with van der Waals surface area (Å²) in [5.41, 5.74) is 3.98. The van der Waals surface area contributed by atoms with Crippen molar-refractivity contribution in [3.8, 4) is 0 Å². The molecule has 0 spiro atoms. The van der Waals surface area contributed by atoms with E-state index in [2.05, 4.69) is 35.6 Å². The van der Waals surface area contributed by atoms with Crippen molar-refractivity contribution in [3.05, 3.63) is 59.4 Å². The molecule has 1 aliphatic carbocycles. The minimum Gasteiger partial charge on any atom is -0.445 e. The summed E-state index contributed by atoms with van der Waals surface area (Å²) in [5.74, 6) is 1.29. The van der Waals surface area contributed by atoms with Gasteiger partial charge < -0.3 is 15.4 Å². The van der Waals surface area contributed by atoms with E-state index >= 15 is 0 Å². The highest BCUT2D eigenvalue weighted by Gasteiger charge is 2.27. The first-order valence-electron chi connectivity index (χ1n) is 10.6. The maximum atomic E-state index is 12.2. The van der Waals surface area contributed by atoms with Crippen LogP contribution in [-0.2, 0) is 11.3 Å². The normalized spacial score (nSPS) is 18.7. The molecule has 1 saturated carbocycles. The van der Waals surface area contributed by atoms with Crippen molar-refractivity contribution in [1.29, 1.82) is 0 Å². The van der Waals surface area contributed by atoms with Crippen molar-refractivity contribution in [3.63, 3.8) is 0 Å². The Bertz CT molecular complexity index is 1020. The average Bonchev–Trinajstić information content (AvgIpc) is 3.33. The molecule has 1 fully saturated rings. The van der Waals surface area contributed by atoms with Gasteiger partial charge in [0.1, 0.15) is 12.4 Å². The zero-order chi connectivity index (χ0) is 21.1. The maximum Gasteiger partial charge on any atom is 0.407 e. The number of carbonyl (C=O) groups excluding carboxylic acids is 1. The van der Waals surface area contributed by atoms with Gasteiger partial charge in [-0.3, -0.25) is 0 Å². The number of aromatic nitrogens is 3. The van der Waals surface area contributed by atoms with Gasteiger partial charge in [-0.15, -0.1) is 0 Å². The fourth-order valence-electron chi connectivity index (χ4n) is 3.87. The lowest BCUT2D eigenvalue weighted by atomic mass is 10.1. The second-order valence-corrected chi connectivity index (χ2v) is 8.34. The van der Waals surface area contributed by atoms with Crippen molar-refractivity contribution >= 4 is 17.6 Å². The van der Waals surface area contributed by atoms with Gasteiger partial charge in [0.15, 0.2) is 5.65 Å². The molecular formula is C23H29N5O2. The van der Waals surface area contributed by atoms with Crippen molar-refractivity contribution in [2.24, 2.45) is 0 Å². The zero-order valence-corrected chi connectivity index (χ0v) is 17.8. The molecule has 0 unspecified atom stereocenters. The lowest BCUT2D eigenvalue weighted by Gasteiger charge is -2.18. The number of benzene rings is 1. The van der Waals surface area contributed by atoms with Gasteiger partial charge in [0.25, 0.3) is 0 Å². The van der Waals surface area contributed by atoms with E-state index in [1.54, 1.807) is 0 Å². The lowest BCUT2D eigenvalue weighted by molar-refractivity contribution is 0.136. The molecule has 1 aliphatic rings. The molecule has 30 heavy (non-hydrogen) atoms. The molecule has 0 aliphatic heterocycles. The summed E-state index contributed by atoms with van der Waals surface area (Å²) in [6, 6.07) is 12.2. The van der Waals surface area contributed by atoms with Crippen LogP contribution in [0.1, 0.15) is 55.8 Å². The Kier molecular flexibility index (Phi) is 5.88. The summed E-state index contributed by atoms with van der Waals surface area (Å²) < 4.78 is 7.22. The van der Waals surface area contributed by atoms with Gasteiger partial charge in [0.05, 0.1) is 6.20 Å². The third kappa shape index (κ3) is 4.56. The number of anilines is 1. The molecule has 1 aromatic carbocycles. The van der Waals surface area contributed by atoms with Crippen LogP contribution in [0.4, 0.5) is 10.6 Å². The van der Waals surface area contributed by atoms with Crippen molar-refractivity contribution in [1.82, 2.24) is 19.9 Å². The monoisotopic (exact) mass is 407 g/mol. The van der Waals surface area contributed by atoms with Crippen molar-refractivity contribution in [2.75, 3.05) is 5.32 Å². The van der Waals surface area contributed by atoms with Gasteiger partial charge in [-0.1, -0.05) is 44.2 Å². The topological polar surface area (TPSA) is 80.5 Å². The number of hydrogen-bond acceptors (Lipinski definition) is 5. The first kappa shape index (κ1) is 20.2. The second-order valence-electron chi connectivity index (χ2n) is 8.34. The van der Waals surface area contributed by atoms with Crippen molar-refractivity contribution in [2.45, 2.75) is 64.6 Å².